The van der Waals surface area contributed by atoms with E-state index in [4.69, 9.17) is 9.72 Å². The van der Waals surface area contributed by atoms with Crippen molar-refractivity contribution in [2.75, 3.05) is 7.05 Å². The van der Waals surface area contributed by atoms with Crippen LogP contribution in [-0.4, -0.2) is 40.7 Å². The number of nitrogens with zero attached hydrogens (tertiary/aromatic N) is 3. The summed E-state index contributed by atoms with van der Waals surface area (Å²) in [5, 5.41) is 0. The monoisotopic (exact) mass is 477 g/mol. The fourth-order valence-electron chi connectivity index (χ4n) is 6.64. The van der Waals surface area contributed by atoms with Crippen LogP contribution in [0.2, 0.25) is 12.6 Å². The first-order valence-corrected chi connectivity index (χ1v) is 12.4. The summed E-state index contributed by atoms with van der Waals surface area (Å²) >= 11 is 0. The summed E-state index contributed by atoms with van der Waals surface area (Å²) in [6.07, 6.45) is 2.82. The predicted octanol–water partition coefficient (Wildman–Crippen LogP) is 5.53. The number of rotatable bonds is 3. The summed E-state index contributed by atoms with van der Waals surface area (Å²) in [7, 11) is 1.77. The molecule has 3 aliphatic rings. The first-order valence-electron chi connectivity index (χ1n) is 12.4. The van der Waals surface area contributed by atoms with Crippen LogP contribution in [0.4, 0.5) is 8.78 Å². The van der Waals surface area contributed by atoms with Gasteiger partial charge in [-0.15, -0.1) is 0 Å². The van der Waals surface area contributed by atoms with Gasteiger partial charge in [0.2, 0.25) is 0 Å². The number of carbonyl (C=O) groups excluding carboxylic acids is 1. The van der Waals surface area contributed by atoms with Crippen molar-refractivity contribution in [3.8, 4) is 5.75 Å². The van der Waals surface area contributed by atoms with Gasteiger partial charge in [-0.3, -0.25) is 4.79 Å². The molecule has 0 saturated carbocycles. The molecule has 1 aromatic heterocycles. The highest BCUT2D eigenvalue weighted by Crippen LogP contribution is 2.53. The van der Waals surface area contributed by atoms with Crippen LogP contribution in [0.3, 0.4) is 0 Å². The fourth-order valence-corrected chi connectivity index (χ4v) is 6.64. The van der Waals surface area contributed by atoms with Gasteiger partial charge in [-0.05, 0) is 35.1 Å². The van der Waals surface area contributed by atoms with Crippen molar-refractivity contribution >= 4 is 29.1 Å². The van der Waals surface area contributed by atoms with Crippen LogP contribution in [0.5, 0.6) is 5.75 Å². The van der Waals surface area contributed by atoms with E-state index in [0.717, 1.165) is 29.5 Å². The summed E-state index contributed by atoms with van der Waals surface area (Å²) in [5.74, 6) is 0.680. The predicted molar refractivity (Wildman–Crippen MR) is 133 cm³/mol. The molecule has 0 unspecified atom stereocenters. The van der Waals surface area contributed by atoms with Gasteiger partial charge in [0.05, 0.1) is 23.1 Å². The second-order valence-corrected chi connectivity index (χ2v) is 11.7. The highest BCUT2D eigenvalue weighted by atomic mass is 19.3. The lowest BCUT2D eigenvalue weighted by atomic mass is 9.42. The van der Waals surface area contributed by atoms with E-state index in [9.17, 15) is 13.6 Å². The second kappa shape index (κ2) is 7.31. The number of hydrogen-bond acceptors (Lipinski definition) is 3. The van der Waals surface area contributed by atoms with E-state index in [1.54, 1.807) is 24.1 Å². The zero-order valence-electron chi connectivity index (χ0n) is 20.8. The van der Waals surface area contributed by atoms with Crippen molar-refractivity contribution in [1.29, 1.82) is 0 Å². The number of halogens is 2. The van der Waals surface area contributed by atoms with Gasteiger partial charge in [-0.1, -0.05) is 57.9 Å². The molecule has 2 bridgehead atoms. The zero-order valence-corrected chi connectivity index (χ0v) is 20.8. The molecule has 1 fully saturated rings. The molecular formula is C27H30BF2N3O2. The van der Waals surface area contributed by atoms with Crippen molar-refractivity contribution in [1.82, 2.24) is 14.5 Å². The third-order valence-electron chi connectivity index (χ3n) is 9.25. The van der Waals surface area contributed by atoms with Crippen molar-refractivity contribution in [2.45, 2.75) is 65.5 Å². The molecular weight excluding hydrogens is 447 g/mol. The van der Waals surface area contributed by atoms with Crippen LogP contribution in [0.15, 0.2) is 36.4 Å². The second-order valence-electron chi connectivity index (χ2n) is 11.7. The summed E-state index contributed by atoms with van der Waals surface area (Å²) in [4.78, 5) is 19.9. The normalized spacial score (nSPS) is 24.2. The molecule has 35 heavy (non-hydrogen) atoms. The Morgan fingerprint density at radius 3 is 2.49 bits per heavy atom. The van der Waals surface area contributed by atoms with Gasteiger partial charge >= 0.3 is 6.61 Å². The van der Waals surface area contributed by atoms with Crippen LogP contribution < -0.4 is 10.2 Å². The van der Waals surface area contributed by atoms with Gasteiger partial charge < -0.3 is 14.2 Å². The van der Waals surface area contributed by atoms with Crippen LogP contribution in [0, 0.1) is 10.8 Å². The van der Waals surface area contributed by atoms with Gasteiger partial charge in [0, 0.05) is 24.6 Å². The van der Waals surface area contributed by atoms with Crippen molar-refractivity contribution in [2.24, 2.45) is 10.8 Å². The molecule has 1 saturated heterocycles. The smallest absolute Gasteiger partial charge is 0.387 e. The maximum atomic E-state index is 13.3. The molecule has 2 atom stereocenters. The van der Waals surface area contributed by atoms with Gasteiger partial charge in [0.15, 0.2) is 6.71 Å². The summed E-state index contributed by atoms with van der Waals surface area (Å²) in [6.45, 7) is 6.89. The minimum Gasteiger partial charge on any atom is -0.434 e. The van der Waals surface area contributed by atoms with Crippen molar-refractivity contribution < 1.29 is 18.3 Å². The van der Waals surface area contributed by atoms with Crippen LogP contribution in [0.1, 0.15) is 67.9 Å². The topological polar surface area (TPSA) is 47.4 Å². The van der Waals surface area contributed by atoms with Crippen LogP contribution in [0.25, 0.3) is 11.0 Å². The van der Waals surface area contributed by atoms with E-state index in [0.29, 0.717) is 24.3 Å². The van der Waals surface area contributed by atoms with Crippen LogP contribution in [-0.2, 0) is 0 Å². The highest BCUT2D eigenvalue weighted by molar-refractivity contribution is 6.74. The Morgan fingerprint density at radius 1 is 1.09 bits per heavy atom. The molecule has 6 rings (SSSR count). The molecule has 3 aromatic rings. The average Bonchev–Trinajstić information content (AvgIpc) is 3.37. The number of amides is 1. The first kappa shape index (κ1) is 22.6. The largest absolute Gasteiger partial charge is 0.434 e. The van der Waals surface area contributed by atoms with Gasteiger partial charge in [0.1, 0.15) is 11.6 Å². The molecule has 1 amide bonds. The molecule has 3 aliphatic heterocycles. The van der Waals surface area contributed by atoms with E-state index in [1.807, 2.05) is 0 Å². The summed E-state index contributed by atoms with van der Waals surface area (Å²) in [5.41, 5.74) is 4.58. The number of hydrogen-bond donors (Lipinski definition) is 0. The van der Waals surface area contributed by atoms with E-state index in [2.05, 4.69) is 50.5 Å². The van der Waals surface area contributed by atoms with E-state index >= 15 is 0 Å². The summed E-state index contributed by atoms with van der Waals surface area (Å²) < 4.78 is 33.7. The molecule has 182 valence electrons. The number of aromatic nitrogens is 2. The van der Waals surface area contributed by atoms with E-state index in [1.165, 1.54) is 11.5 Å². The third-order valence-corrected chi connectivity index (χ3v) is 9.25. The lowest BCUT2D eigenvalue weighted by Crippen LogP contribution is -2.30. The van der Waals surface area contributed by atoms with Crippen molar-refractivity contribution in [3.63, 3.8) is 0 Å². The van der Waals surface area contributed by atoms with Gasteiger partial charge in [-0.25, -0.2) is 4.98 Å². The van der Waals surface area contributed by atoms with Gasteiger partial charge in [-0.2, -0.15) is 8.78 Å². The molecule has 5 nitrogen and oxygen atoms in total. The Hall–Kier alpha value is -2.90. The summed E-state index contributed by atoms with van der Waals surface area (Å²) in [6, 6.07) is 10.8. The third kappa shape index (κ3) is 3.17. The molecule has 0 radical (unpaired) electrons. The minimum atomic E-state index is -2.96. The number of carbonyl (C=O) groups is 1. The SMILES string of the molecule is CN1C(=O)c2cccc(OC(F)F)c2[C@H]2C[C@@H]1c1nc3ccc(B4CC(C)(C)C(C)(C)C4)cc3n12. The lowest BCUT2D eigenvalue weighted by molar-refractivity contribution is -0.0507. The number of imidazole rings is 1. The lowest BCUT2D eigenvalue weighted by Gasteiger charge is -2.35. The fraction of sp³-hybridized carbons (Fsp3) is 0.481. The number of alkyl halides is 2. The number of ether oxygens (including phenoxy) is 1. The molecule has 8 heteroatoms. The average molecular weight is 477 g/mol. The zero-order chi connectivity index (χ0) is 24.9. The molecule has 0 N–H and O–H groups in total. The quantitative estimate of drug-likeness (QED) is 0.467. The molecule has 0 spiro atoms. The first-order chi connectivity index (χ1) is 16.5. The Bertz CT molecular complexity index is 1350. The Balaban J connectivity index is 1.52. The Morgan fingerprint density at radius 2 is 1.80 bits per heavy atom. The maximum Gasteiger partial charge on any atom is 0.387 e. The molecule has 0 aliphatic carbocycles. The standard InChI is InChI=1S/C27H30BF2N3O2/c1-26(2)13-28(14-27(26,3)4)15-9-10-17-18(11-15)33-19-12-20(23(33)31-17)32(5)24(34)16-7-6-8-21(22(16)19)35-25(29)30/h6-11,19-20,25H,12-14H2,1-5H3/t19-,20-/m1/s1. The van der Waals surface area contributed by atoms with Crippen LogP contribution >= 0.6 is 0 Å². The highest BCUT2D eigenvalue weighted by Gasteiger charge is 2.49. The molecule has 2 aromatic carbocycles. The Kier molecular flexibility index (Phi) is 4.71. The molecule has 4 heterocycles. The van der Waals surface area contributed by atoms with Crippen molar-refractivity contribution in [3.05, 3.63) is 53.3 Å². The Labute approximate surface area is 204 Å². The van der Waals surface area contributed by atoms with E-state index in [-0.39, 0.29) is 34.6 Å². The maximum absolute atomic E-state index is 13.3. The van der Waals surface area contributed by atoms with Gasteiger partial charge in [0.25, 0.3) is 5.91 Å². The number of benzene rings is 2. The minimum absolute atomic E-state index is 0.0649. The van der Waals surface area contributed by atoms with E-state index < -0.39 is 6.61 Å². The number of fused-ring (bicyclic) bond motifs is 9.